The van der Waals surface area contributed by atoms with Gasteiger partial charge in [-0.3, -0.25) is 0 Å². The molecule has 4 aromatic rings. The molecular formula is C28H32ClN5OS. The molecule has 0 saturated heterocycles. The number of benzene rings is 2. The van der Waals surface area contributed by atoms with E-state index in [1.807, 2.05) is 56.6 Å². The summed E-state index contributed by atoms with van der Waals surface area (Å²) < 4.78 is 5.99. The Hall–Kier alpha value is -2.74. The second kappa shape index (κ2) is 11.5. The number of para-hydroxylation sites is 1. The van der Waals surface area contributed by atoms with Gasteiger partial charge in [0.25, 0.3) is 0 Å². The molecule has 1 aliphatic carbocycles. The van der Waals surface area contributed by atoms with E-state index in [1.165, 1.54) is 12.8 Å². The first-order chi connectivity index (χ1) is 17.5. The van der Waals surface area contributed by atoms with E-state index in [1.54, 1.807) is 11.8 Å². The zero-order chi connectivity index (χ0) is 24.9. The topological polar surface area (TPSA) is 66.2 Å². The van der Waals surface area contributed by atoms with Crippen molar-refractivity contribution in [3.63, 3.8) is 0 Å². The van der Waals surface area contributed by atoms with E-state index in [-0.39, 0.29) is 0 Å². The third-order valence-corrected chi connectivity index (χ3v) is 7.77. The Kier molecular flexibility index (Phi) is 7.99. The van der Waals surface area contributed by atoms with Gasteiger partial charge >= 0.3 is 0 Å². The third kappa shape index (κ3) is 6.33. The van der Waals surface area contributed by atoms with Crippen molar-refractivity contribution in [2.75, 3.05) is 30.9 Å². The molecule has 2 aromatic carbocycles. The maximum absolute atomic E-state index is 5.99. The number of aromatic nitrogens is 2. The van der Waals surface area contributed by atoms with Crippen molar-refractivity contribution >= 4 is 46.0 Å². The van der Waals surface area contributed by atoms with Crippen LogP contribution in [0.5, 0.6) is 0 Å². The number of anilines is 2. The third-order valence-electron chi connectivity index (χ3n) is 6.59. The summed E-state index contributed by atoms with van der Waals surface area (Å²) in [5.41, 5.74) is 0.976. The van der Waals surface area contributed by atoms with Gasteiger partial charge in [-0.1, -0.05) is 35.5 Å². The summed E-state index contributed by atoms with van der Waals surface area (Å²) in [4.78, 5) is 12.7. The smallest absolute Gasteiger partial charge is 0.225 e. The fourth-order valence-corrected chi connectivity index (χ4v) is 5.60. The molecule has 1 aliphatic rings. The van der Waals surface area contributed by atoms with Crippen LogP contribution in [0.15, 0.2) is 75.1 Å². The van der Waals surface area contributed by atoms with Crippen molar-refractivity contribution in [3.05, 3.63) is 71.4 Å². The zero-order valence-corrected chi connectivity index (χ0v) is 22.3. The number of halogens is 1. The second-order valence-electron chi connectivity index (χ2n) is 9.55. The van der Waals surface area contributed by atoms with Gasteiger partial charge in [0.05, 0.1) is 12.1 Å². The molecule has 1 fully saturated rings. The van der Waals surface area contributed by atoms with Crippen molar-refractivity contribution in [1.29, 1.82) is 0 Å². The Labute approximate surface area is 221 Å². The molecule has 0 aliphatic heterocycles. The number of hydrogen-bond acceptors (Lipinski definition) is 7. The summed E-state index contributed by atoms with van der Waals surface area (Å²) in [6.07, 6.45) is 4.63. The average Bonchev–Trinajstić information content (AvgIpc) is 3.33. The minimum absolute atomic E-state index is 0.412. The van der Waals surface area contributed by atoms with Gasteiger partial charge in [-0.15, -0.1) is 0 Å². The fraction of sp³-hybridized carbons (Fsp3) is 0.357. The quantitative estimate of drug-likeness (QED) is 0.249. The highest BCUT2D eigenvalue weighted by Crippen LogP contribution is 2.31. The lowest BCUT2D eigenvalue weighted by atomic mass is 9.86. The van der Waals surface area contributed by atoms with Crippen LogP contribution in [0.4, 0.5) is 11.8 Å². The summed E-state index contributed by atoms with van der Waals surface area (Å²) in [5.74, 6) is 3.32. The maximum atomic E-state index is 5.99. The van der Waals surface area contributed by atoms with Gasteiger partial charge in [0, 0.05) is 35.4 Å². The lowest BCUT2D eigenvalue weighted by Crippen LogP contribution is -2.31. The first kappa shape index (κ1) is 24.9. The van der Waals surface area contributed by atoms with Crippen LogP contribution in [-0.2, 0) is 6.54 Å². The summed E-state index contributed by atoms with van der Waals surface area (Å²) in [6, 6.07) is 20.5. The molecule has 0 unspecified atom stereocenters. The number of fused-ring (bicyclic) bond motifs is 1. The van der Waals surface area contributed by atoms with E-state index < -0.39 is 0 Å². The molecule has 188 valence electrons. The maximum Gasteiger partial charge on any atom is 0.225 e. The first-order valence-electron chi connectivity index (χ1n) is 12.5. The summed E-state index contributed by atoms with van der Waals surface area (Å²) in [7, 11) is 4.05. The molecule has 0 bridgehead atoms. The number of nitrogens with zero attached hydrogens (tertiary/aromatic N) is 3. The summed E-state index contributed by atoms with van der Waals surface area (Å²) in [6.45, 7) is 1.75. The van der Waals surface area contributed by atoms with Gasteiger partial charge < -0.3 is 20.0 Å². The second-order valence-corrected chi connectivity index (χ2v) is 11.1. The largest absolute Gasteiger partial charge is 0.453 e. The molecule has 2 aromatic heterocycles. The molecule has 1 saturated carbocycles. The molecule has 0 amide bonds. The Morgan fingerprint density at radius 1 is 0.972 bits per heavy atom. The SMILES string of the molecule is CN(C)c1nc(NC2CCC(CNCc3ccc(Sc4ccc(Cl)cc4)o3)CC2)nc2ccccc12. The van der Waals surface area contributed by atoms with E-state index >= 15 is 0 Å². The number of furan rings is 1. The number of nitrogens with one attached hydrogen (secondary N) is 2. The van der Waals surface area contributed by atoms with Crippen LogP contribution in [0.1, 0.15) is 31.4 Å². The highest BCUT2D eigenvalue weighted by molar-refractivity contribution is 7.99. The Morgan fingerprint density at radius 2 is 1.75 bits per heavy atom. The van der Waals surface area contributed by atoms with Crippen molar-refractivity contribution < 1.29 is 4.42 Å². The van der Waals surface area contributed by atoms with E-state index in [9.17, 15) is 0 Å². The Morgan fingerprint density at radius 3 is 2.53 bits per heavy atom. The van der Waals surface area contributed by atoms with Crippen LogP contribution in [0.2, 0.25) is 5.02 Å². The van der Waals surface area contributed by atoms with Gasteiger partial charge in [-0.05, 0) is 86.7 Å². The number of rotatable bonds is 9. The van der Waals surface area contributed by atoms with Crippen molar-refractivity contribution in [2.24, 2.45) is 5.92 Å². The Balaban J connectivity index is 1.07. The molecule has 36 heavy (non-hydrogen) atoms. The predicted molar refractivity (Wildman–Crippen MR) is 149 cm³/mol. The normalized spacial score (nSPS) is 17.9. The van der Waals surface area contributed by atoms with E-state index in [4.69, 9.17) is 26.0 Å². The van der Waals surface area contributed by atoms with Gasteiger partial charge in [0.1, 0.15) is 11.6 Å². The van der Waals surface area contributed by atoms with Crippen molar-refractivity contribution in [3.8, 4) is 0 Å². The van der Waals surface area contributed by atoms with Gasteiger partial charge in [0.15, 0.2) is 5.09 Å². The first-order valence-corrected chi connectivity index (χ1v) is 13.7. The highest BCUT2D eigenvalue weighted by Gasteiger charge is 2.22. The standard InChI is InChI=1S/C28H32ClN5OS/c1-34(2)27-24-5-3-4-6-25(24)32-28(33-27)31-21-11-7-19(8-12-21)17-30-18-22-13-16-26(35-22)36-23-14-9-20(29)10-15-23/h3-6,9-10,13-16,19,21,30H,7-8,11-12,17-18H2,1-2H3,(H,31,32,33). The van der Waals surface area contributed by atoms with Crippen LogP contribution in [0.25, 0.3) is 10.9 Å². The zero-order valence-electron chi connectivity index (χ0n) is 20.7. The monoisotopic (exact) mass is 521 g/mol. The molecule has 0 radical (unpaired) electrons. The molecule has 0 spiro atoms. The Bertz CT molecular complexity index is 1280. The van der Waals surface area contributed by atoms with Crippen molar-refractivity contribution in [2.45, 2.75) is 48.3 Å². The lowest BCUT2D eigenvalue weighted by Gasteiger charge is -2.29. The van der Waals surface area contributed by atoms with E-state index in [0.29, 0.717) is 12.0 Å². The molecule has 6 nitrogen and oxygen atoms in total. The highest BCUT2D eigenvalue weighted by atomic mass is 35.5. The molecule has 8 heteroatoms. The van der Waals surface area contributed by atoms with Gasteiger partial charge in [0.2, 0.25) is 5.95 Å². The van der Waals surface area contributed by atoms with Crippen LogP contribution in [0, 0.1) is 5.92 Å². The summed E-state index contributed by atoms with van der Waals surface area (Å²) in [5, 5.41) is 9.91. The molecule has 2 heterocycles. The van der Waals surface area contributed by atoms with Crippen molar-refractivity contribution in [1.82, 2.24) is 15.3 Å². The predicted octanol–water partition coefficient (Wildman–Crippen LogP) is 6.85. The molecule has 0 atom stereocenters. The molecular weight excluding hydrogens is 490 g/mol. The molecule has 2 N–H and O–H groups in total. The van der Waals surface area contributed by atoms with Crippen LogP contribution in [0.3, 0.4) is 0 Å². The lowest BCUT2D eigenvalue weighted by molar-refractivity contribution is 0.317. The van der Waals surface area contributed by atoms with E-state index in [0.717, 1.165) is 69.4 Å². The minimum atomic E-state index is 0.412. The van der Waals surface area contributed by atoms with Crippen LogP contribution in [-0.4, -0.2) is 36.6 Å². The van der Waals surface area contributed by atoms with E-state index in [2.05, 4.69) is 33.7 Å². The number of hydrogen-bond donors (Lipinski definition) is 2. The average molecular weight is 522 g/mol. The summed E-state index contributed by atoms with van der Waals surface area (Å²) >= 11 is 7.58. The minimum Gasteiger partial charge on any atom is -0.453 e. The van der Waals surface area contributed by atoms with Gasteiger partial charge in [-0.2, -0.15) is 4.98 Å². The molecule has 5 rings (SSSR count). The van der Waals surface area contributed by atoms with Crippen LogP contribution >= 0.6 is 23.4 Å². The fourth-order valence-electron chi connectivity index (χ4n) is 4.69. The van der Waals surface area contributed by atoms with Crippen LogP contribution < -0.4 is 15.5 Å². The van der Waals surface area contributed by atoms with Gasteiger partial charge in [-0.25, -0.2) is 4.98 Å².